The largest absolute Gasteiger partial charge is 0.493 e. The molecule has 0 radical (unpaired) electrons. The fraction of sp³-hybridized carbons (Fsp3) is 0.417. The average molecular weight is 284 g/mol. The van der Waals surface area contributed by atoms with Crippen LogP contribution in [0.5, 0.6) is 11.5 Å². The Morgan fingerprint density at radius 2 is 2.12 bits per heavy atom. The van der Waals surface area contributed by atoms with Crippen LogP contribution in [0.25, 0.3) is 0 Å². The molecule has 1 aromatic rings. The van der Waals surface area contributed by atoms with Crippen molar-refractivity contribution in [1.29, 1.82) is 5.26 Å². The summed E-state index contributed by atoms with van der Waals surface area (Å²) >= 11 is 3.32. The second-order valence-electron chi connectivity index (χ2n) is 3.80. The highest BCUT2D eigenvalue weighted by Crippen LogP contribution is 2.34. The smallest absolute Gasteiger partial charge is 0.178 e. The molecule has 1 aromatic carbocycles. The van der Waals surface area contributed by atoms with Crippen LogP contribution in [0, 0.1) is 17.2 Å². The molecular weight excluding hydrogens is 270 g/mol. The van der Waals surface area contributed by atoms with Gasteiger partial charge in [-0.25, -0.2) is 0 Å². The molecule has 86 valence electrons. The molecule has 4 heteroatoms. The summed E-state index contributed by atoms with van der Waals surface area (Å²) in [5, 5.41) is 9.02. The van der Waals surface area contributed by atoms with Crippen molar-refractivity contribution < 1.29 is 9.47 Å². The number of ether oxygens (including phenoxy) is 2. The molecule has 0 heterocycles. The minimum absolute atomic E-state index is 0.403. The van der Waals surface area contributed by atoms with E-state index in [2.05, 4.69) is 35.8 Å². The first-order valence-electron chi connectivity index (χ1n) is 4.99. The van der Waals surface area contributed by atoms with Crippen molar-refractivity contribution in [2.24, 2.45) is 5.92 Å². The molecule has 0 aromatic heterocycles. The summed E-state index contributed by atoms with van der Waals surface area (Å²) in [6.07, 6.45) is 0. The van der Waals surface area contributed by atoms with Gasteiger partial charge in [-0.15, -0.1) is 0 Å². The van der Waals surface area contributed by atoms with Gasteiger partial charge in [0, 0.05) is 4.47 Å². The monoisotopic (exact) mass is 283 g/mol. The van der Waals surface area contributed by atoms with Crippen LogP contribution in [0.3, 0.4) is 0 Å². The van der Waals surface area contributed by atoms with Gasteiger partial charge in [-0.1, -0.05) is 29.8 Å². The predicted molar refractivity (Wildman–Crippen MR) is 65.7 cm³/mol. The first kappa shape index (κ1) is 12.9. The van der Waals surface area contributed by atoms with Crippen LogP contribution in [0.15, 0.2) is 16.6 Å². The first-order valence-corrected chi connectivity index (χ1v) is 5.78. The Hall–Kier alpha value is -1.21. The molecule has 0 saturated heterocycles. The number of nitriles is 1. The quantitative estimate of drug-likeness (QED) is 0.851. The van der Waals surface area contributed by atoms with Crippen molar-refractivity contribution in [2.75, 3.05) is 13.7 Å². The third-order valence-corrected chi connectivity index (χ3v) is 2.38. The standard InChI is InChI=1S/C12H14BrNO2/c1-8(2)7-16-12-9(6-14)4-10(13)5-11(12)15-3/h4-5,8H,7H2,1-3H3. The van der Waals surface area contributed by atoms with Gasteiger partial charge < -0.3 is 9.47 Å². The molecule has 0 atom stereocenters. The van der Waals surface area contributed by atoms with Crippen LogP contribution < -0.4 is 9.47 Å². The van der Waals surface area contributed by atoms with Crippen molar-refractivity contribution in [2.45, 2.75) is 13.8 Å². The van der Waals surface area contributed by atoms with Crippen LogP contribution >= 0.6 is 15.9 Å². The fourth-order valence-electron chi connectivity index (χ4n) is 1.20. The van der Waals surface area contributed by atoms with E-state index >= 15 is 0 Å². The molecule has 0 spiro atoms. The Morgan fingerprint density at radius 1 is 1.44 bits per heavy atom. The molecular formula is C12H14BrNO2. The zero-order valence-electron chi connectivity index (χ0n) is 9.58. The Morgan fingerprint density at radius 3 is 2.62 bits per heavy atom. The molecule has 0 saturated carbocycles. The Kier molecular flexibility index (Phi) is 4.63. The van der Waals surface area contributed by atoms with Crippen molar-refractivity contribution in [3.63, 3.8) is 0 Å². The number of rotatable bonds is 4. The van der Waals surface area contributed by atoms with Crippen molar-refractivity contribution in [3.8, 4) is 17.6 Å². The second-order valence-corrected chi connectivity index (χ2v) is 4.72. The van der Waals surface area contributed by atoms with E-state index in [0.717, 1.165) is 4.47 Å². The maximum atomic E-state index is 9.02. The highest BCUT2D eigenvalue weighted by Gasteiger charge is 2.12. The maximum absolute atomic E-state index is 9.02. The summed E-state index contributed by atoms with van der Waals surface area (Å²) in [6.45, 7) is 4.67. The lowest BCUT2D eigenvalue weighted by molar-refractivity contribution is 0.256. The number of hydrogen-bond donors (Lipinski definition) is 0. The maximum Gasteiger partial charge on any atom is 0.178 e. The summed E-state index contributed by atoms with van der Waals surface area (Å²) in [4.78, 5) is 0. The second kappa shape index (κ2) is 5.76. The van der Waals surface area contributed by atoms with Gasteiger partial charge in [0.25, 0.3) is 0 Å². The molecule has 0 aliphatic rings. The van der Waals surface area contributed by atoms with Crippen molar-refractivity contribution >= 4 is 15.9 Å². The van der Waals surface area contributed by atoms with Gasteiger partial charge in [0.05, 0.1) is 19.3 Å². The van der Waals surface area contributed by atoms with Crippen LogP contribution in [0.2, 0.25) is 0 Å². The molecule has 0 aliphatic heterocycles. The Labute approximate surface area is 104 Å². The minimum Gasteiger partial charge on any atom is -0.493 e. The summed E-state index contributed by atoms with van der Waals surface area (Å²) < 4.78 is 11.6. The van der Waals surface area contributed by atoms with E-state index in [1.54, 1.807) is 19.2 Å². The third kappa shape index (κ3) is 3.14. The summed E-state index contributed by atoms with van der Waals surface area (Å²) in [6, 6.07) is 5.61. The SMILES string of the molecule is COc1cc(Br)cc(C#N)c1OCC(C)C. The zero-order valence-corrected chi connectivity index (χ0v) is 11.2. The van der Waals surface area contributed by atoms with Gasteiger partial charge in [-0.2, -0.15) is 5.26 Å². The van der Waals surface area contributed by atoms with Gasteiger partial charge >= 0.3 is 0 Å². The first-order chi connectivity index (χ1) is 7.58. The molecule has 3 nitrogen and oxygen atoms in total. The molecule has 0 aliphatic carbocycles. The Bertz CT molecular complexity index is 410. The molecule has 0 amide bonds. The summed E-state index contributed by atoms with van der Waals surface area (Å²) in [5.74, 6) is 1.49. The van der Waals surface area contributed by atoms with Crippen molar-refractivity contribution in [1.82, 2.24) is 0 Å². The molecule has 16 heavy (non-hydrogen) atoms. The highest BCUT2D eigenvalue weighted by atomic mass is 79.9. The number of nitrogens with zero attached hydrogens (tertiary/aromatic N) is 1. The third-order valence-electron chi connectivity index (χ3n) is 1.92. The van der Waals surface area contributed by atoms with Crippen molar-refractivity contribution in [3.05, 3.63) is 22.2 Å². The molecule has 0 bridgehead atoms. The minimum atomic E-state index is 0.403. The van der Waals surface area contributed by atoms with Gasteiger partial charge in [0.15, 0.2) is 11.5 Å². The molecule has 0 N–H and O–H groups in total. The number of benzene rings is 1. The predicted octanol–water partition coefficient (Wildman–Crippen LogP) is 3.36. The molecule has 0 fully saturated rings. The van der Waals surface area contributed by atoms with E-state index in [4.69, 9.17) is 14.7 Å². The lowest BCUT2D eigenvalue weighted by Crippen LogP contribution is -2.06. The van der Waals surface area contributed by atoms with Crippen LogP contribution in [-0.2, 0) is 0 Å². The van der Waals surface area contributed by atoms with Gasteiger partial charge in [0.2, 0.25) is 0 Å². The fourth-order valence-corrected chi connectivity index (χ4v) is 1.64. The van der Waals surface area contributed by atoms with Crippen LogP contribution in [-0.4, -0.2) is 13.7 Å². The lowest BCUT2D eigenvalue weighted by Gasteiger charge is -2.14. The summed E-state index contributed by atoms with van der Waals surface area (Å²) in [5.41, 5.74) is 0.479. The van der Waals surface area contributed by atoms with Gasteiger partial charge in [0.1, 0.15) is 6.07 Å². The van der Waals surface area contributed by atoms with E-state index in [-0.39, 0.29) is 0 Å². The molecule has 1 rings (SSSR count). The highest BCUT2D eigenvalue weighted by molar-refractivity contribution is 9.10. The van der Waals surface area contributed by atoms with Gasteiger partial charge in [-0.3, -0.25) is 0 Å². The van der Waals surface area contributed by atoms with Crippen LogP contribution in [0.4, 0.5) is 0 Å². The van der Waals surface area contributed by atoms with E-state index in [9.17, 15) is 0 Å². The summed E-state index contributed by atoms with van der Waals surface area (Å²) in [7, 11) is 1.56. The van der Waals surface area contributed by atoms with E-state index < -0.39 is 0 Å². The number of halogens is 1. The van der Waals surface area contributed by atoms with Crippen LogP contribution in [0.1, 0.15) is 19.4 Å². The van der Waals surface area contributed by atoms with E-state index in [1.165, 1.54) is 0 Å². The normalized spacial score (nSPS) is 10.0. The number of hydrogen-bond acceptors (Lipinski definition) is 3. The van der Waals surface area contributed by atoms with E-state index in [1.807, 2.05) is 0 Å². The van der Waals surface area contributed by atoms with E-state index in [0.29, 0.717) is 29.6 Å². The Balaban J connectivity index is 3.08. The topological polar surface area (TPSA) is 42.2 Å². The molecule has 0 unspecified atom stereocenters. The number of methoxy groups -OCH3 is 1. The van der Waals surface area contributed by atoms with Gasteiger partial charge in [-0.05, 0) is 18.1 Å². The lowest BCUT2D eigenvalue weighted by atomic mass is 10.2. The zero-order chi connectivity index (χ0) is 12.1. The average Bonchev–Trinajstić information content (AvgIpc) is 2.25.